The van der Waals surface area contributed by atoms with E-state index in [0.29, 0.717) is 11.5 Å². The largest absolute Gasteiger partial charge is 0.350 e. The van der Waals surface area contributed by atoms with E-state index >= 15 is 0 Å². The van der Waals surface area contributed by atoms with Crippen molar-refractivity contribution < 1.29 is 9.59 Å². The molecule has 2 N–H and O–H groups in total. The summed E-state index contributed by atoms with van der Waals surface area (Å²) in [6, 6.07) is 5.31. The predicted octanol–water partition coefficient (Wildman–Crippen LogP) is 3.33. The summed E-state index contributed by atoms with van der Waals surface area (Å²) in [5.41, 5.74) is 2.30. The van der Waals surface area contributed by atoms with Crippen molar-refractivity contribution in [2.45, 2.75) is 52.6 Å². The molecule has 0 saturated carbocycles. The maximum Gasteiger partial charge on any atom is 0.321 e. The van der Waals surface area contributed by atoms with Gasteiger partial charge in [-0.05, 0) is 84.3 Å². The lowest BCUT2D eigenvalue weighted by Crippen LogP contribution is -2.45. The van der Waals surface area contributed by atoms with E-state index in [1.54, 1.807) is 17.0 Å². The number of hydrogen-bond acceptors (Lipinski definition) is 3. The summed E-state index contributed by atoms with van der Waals surface area (Å²) in [6.07, 6.45) is 1.10. The Bertz CT molecular complexity index is 699. The van der Waals surface area contributed by atoms with Gasteiger partial charge in [-0.25, -0.2) is 4.79 Å². The summed E-state index contributed by atoms with van der Waals surface area (Å²) in [5.74, 6) is 0.345. The number of hydrogen-bond donors (Lipinski definition) is 2. The maximum atomic E-state index is 12.6. The summed E-state index contributed by atoms with van der Waals surface area (Å²) >= 11 is 0. The highest BCUT2D eigenvalue weighted by Gasteiger charge is 2.39. The Morgan fingerprint density at radius 1 is 1.33 bits per heavy atom. The predicted molar refractivity (Wildman–Crippen MR) is 110 cm³/mol. The normalized spacial score (nSPS) is 19.2. The first-order valence-electron chi connectivity index (χ1n) is 9.67. The van der Waals surface area contributed by atoms with E-state index in [1.165, 1.54) is 0 Å². The average Bonchev–Trinajstić information content (AvgIpc) is 2.82. The van der Waals surface area contributed by atoms with Gasteiger partial charge in [0.25, 0.3) is 5.91 Å². The van der Waals surface area contributed by atoms with Crippen LogP contribution >= 0.6 is 0 Å². The minimum Gasteiger partial charge on any atom is -0.350 e. The fourth-order valence-corrected chi connectivity index (χ4v) is 3.53. The minimum atomic E-state index is -0.122. The Morgan fingerprint density at radius 2 is 2.00 bits per heavy atom. The zero-order valence-electron chi connectivity index (χ0n) is 17.7. The van der Waals surface area contributed by atoms with E-state index in [2.05, 4.69) is 36.4 Å². The van der Waals surface area contributed by atoms with Crippen LogP contribution in [0.3, 0.4) is 0 Å². The zero-order chi connectivity index (χ0) is 20.4. The fraction of sp³-hybridized carbons (Fsp3) is 0.619. The molecule has 1 aliphatic rings. The van der Waals surface area contributed by atoms with Crippen molar-refractivity contribution in [2.24, 2.45) is 5.92 Å². The summed E-state index contributed by atoms with van der Waals surface area (Å²) in [4.78, 5) is 28.9. The number of aryl methyl sites for hydroxylation is 1. The third-order valence-corrected chi connectivity index (χ3v) is 5.79. The second-order valence-electron chi connectivity index (χ2n) is 8.53. The number of urea groups is 1. The molecule has 0 unspecified atom stereocenters. The van der Waals surface area contributed by atoms with Gasteiger partial charge in [0.1, 0.15) is 0 Å². The van der Waals surface area contributed by atoms with Crippen LogP contribution in [0.25, 0.3) is 0 Å². The second kappa shape index (κ2) is 8.30. The Morgan fingerprint density at radius 3 is 2.52 bits per heavy atom. The number of anilines is 1. The van der Waals surface area contributed by atoms with Gasteiger partial charge >= 0.3 is 6.03 Å². The fourth-order valence-electron chi connectivity index (χ4n) is 3.53. The number of benzene rings is 1. The number of likely N-dealkylation sites (tertiary alicyclic amines) is 1. The van der Waals surface area contributed by atoms with Crippen LogP contribution in [-0.4, -0.2) is 60.5 Å². The molecule has 150 valence electrons. The van der Waals surface area contributed by atoms with Gasteiger partial charge in [0.05, 0.1) is 0 Å². The molecule has 1 saturated heterocycles. The number of amides is 3. The van der Waals surface area contributed by atoms with Crippen LogP contribution in [0.15, 0.2) is 18.2 Å². The Kier molecular flexibility index (Phi) is 6.52. The van der Waals surface area contributed by atoms with E-state index < -0.39 is 0 Å². The van der Waals surface area contributed by atoms with Gasteiger partial charge in [0.2, 0.25) is 0 Å². The third-order valence-electron chi connectivity index (χ3n) is 5.79. The van der Waals surface area contributed by atoms with Crippen molar-refractivity contribution in [1.29, 1.82) is 0 Å². The molecule has 0 aromatic heterocycles. The summed E-state index contributed by atoms with van der Waals surface area (Å²) < 4.78 is 0. The van der Waals surface area contributed by atoms with E-state index in [0.717, 1.165) is 30.8 Å². The summed E-state index contributed by atoms with van der Waals surface area (Å²) in [5, 5.41) is 5.85. The lowest BCUT2D eigenvalue weighted by atomic mass is 9.88. The Labute approximate surface area is 163 Å². The molecule has 0 spiro atoms. The first kappa shape index (κ1) is 21.2. The zero-order valence-corrected chi connectivity index (χ0v) is 17.7. The molecule has 1 aromatic carbocycles. The van der Waals surface area contributed by atoms with E-state index in [-0.39, 0.29) is 23.5 Å². The van der Waals surface area contributed by atoms with Crippen LogP contribution in [0, 0.1) is 12.8 Å². The van der Waals surface area contributed by atoms with Gasteiger partial charge in [0.15, 0.2) is 0 Å². The molecular formula is C21H34N4O2. The molecular weight excluding hydrogens is 340 g/mol. The van der Waals surface area contributed by atoms with Crippen LogP contribution < -0.4 is 10.6 Å². The number of nitrogens with one attached hydrogen (secondary N) is 2. The van der Waals surface area contributed by atoms with Gasteiger partial charge in [0, 0.05) is 36.4 Å². The van der Waals surface area contributed by atoms with Crippen LogP contribution in [0.4, 0.5) is 10.5 Å². The molecule has 27 heavy (non-hydrogen) atoms. The van der Waals surface area contributed by atoms with Crippen molar-refractivity contribution in [3.8, 4) is 0 Å². The number of rotatable bonds is 5. The molecule has 1 atom stereocenters. The monoisotopic (exact) mass is 374 g/mol. The van der Waals surface area contributed by atoms with E-state index in [1.807, 2.05) is 33.9 Å². The topological polar surface area (TPSA) is 64.7 Å². The van der Waals surface area contributed by atoms with Crippen molar-refractivity contribution >= 4 is 17.6 Å². The van der Waals surface area contributed by atoms with Crippen molar-refractivity contribution in [1.82, 2.24) is 15.1 Å². The first-order chi connectivity index (χ1) is 12.5. The molecule has 6 heteroatoms. The molecule has 1 aromatic rings. The third kappa shape index (κ3) is 5.01. The molecule has 6 nitrogen and oxygen atoms in total. The molecule has 1 fully saturated rings. The van der Waals surface area contributed by atoms with E-state index in [9.17, 15) is 9.59 Å². The van der Waals surface area contributed by atoms with Crippen LogP contribution in [0.2, 0.25) is 0 Å². The standard InChI is InChI=1S/C21H34N4O2/c1-14(2)22-19(26)16-8-9-18(15(3)12-16)23-20(27)24(6)13-17-10-11-25(7)21(17,4)5/h8-9,12,14,17H,10-11,13H2,1-7H3,(H,22,26)(H,23,27)/t17-/m1/s1. The lowest BCUT2D eigenvalue weighted by Gasteiger charge is -2.35. The van der Waals surface area contributed by atoms with Crippen LogP contribution in [0.5, 0.6) is 0 Å². The summed E-state index contributed by atoms with van der Waals surface area (Å²) in [6.45, 7) is 12.0. The Balaban J connectivity index is 2.00. The first-order valence-corrected chi connectivity index (χ1v) is 9.67. The summed E-state index contributed by atoms with van der Waals surface area (Å²) in [7, 11) is 3.98. The second-order valence-corrected chi connectivity index (χ2v) is 8.53. The molecule has 1 aliphatic heterocycles. The molecule has 1 heterocycles. The maximum absolute atomic E-state index is 12.6. The van der Waals surface area contributed by atoms with Gasteiger partial charge in [-0.1, -0.05) is 0 Å². The molecule has 0 aliphatic carbocycles. The number of nitrogens with zero attached hydrogens (tertiary/aromatic N) is 2. The molecule has 0 radical (unpaired) electrons. The average molecular weight is 375 g/mol. The quantitative estimate of drug-likeness (QED) is 0.831. The highest BCUT2D eigenvalue weighted by molar-refractivity contribution is 5.96. The van der Waals surface area contributed by atoms with Gasteiger partial charge in [-0.15, -0.1) is 0 Å². The highest BCUT2D eigenvalue weighted by Crippen LogP contribution is 2.33. The molecule has 0 bridgehead atoms. The van der Waals surface area contributed by atoms with Gasteiger partial charge in [-0.3, -0.25) is 4.79 Å². The SMILES string of the molecule is Cc1cc(C(=O)NC(C)C)ccc1NC(=O)N(C)C[C@H]1CCN(C)C1(C)C. The molecule has 3 amide bonds. The highest BCUT2D eigenvalue weighted by atomic mass is 16.2. The Hall–Kier alpha value is -2.08. The smallest absolute Gasteiger partial charge is 0.321 e. The lowest BCUT2D eigenvalue weighted by molar-refractivity contribution is 0.0943. The van der Waals surface area contributed by atoms with Crippen molar-refractivity contribution in [2.75, 3.05) is 32.5 Å². The van der Waals surface area contributed by atoms with Crippen LogP contribution in [0.1, 0.15) is 50.0 Å². The number of carbonyl (C=O) groups excluding carboxylic acids is 2. The van der Waals surface area contributed by atoms with Crippen molar-refractivity contribution in [3.05, 3.63) is 29.3 Å². The van der Waals surface area contributed by atoms with Gasteiger partial charge in [-0.2, -0.15) is 0 Å². The van der Waals surface area contributed by atoms with Crippen LogP contribution in [-0.2, 0) is 0 Å². The minimum absolute atomic E-state index is 0.0877. The molecule has 2 rings (SSSR count). The van der Waals surface area contributed by atoms with Gasteiger partial charge < -0.3 is 20.4 Å². The number of carbonyl (C=O) groups is 2. The van der Waals surface area contributed by atoms with Crippen molar-refractivity contribution in [3.63, 3.8) is 0 Å². The van der Waals surface area contributed by atoms with E-state index in [4.69, 9.17) is 0 Å².